The van der Waals surface area contributed by atoms with Gasteiger partial charge in [0.2, 0.25) is 0 Å². The van der Waals surface area contributed by atoms with Gasteiger partial charge in [0.1, 0.15) is 36.6 Å². The van der Waals surface area contributed by atoms with Crippen LogP contribution in [0.15, 0.2) is 55.1 Å². The first kappa shape index (κ1) is 25.1. The van der Waals surface area contributed by atoms with Crippen molar-refractivity contribution in [1.29, 1.82) is 0 Å². The van der Waals surface area contributed by atoms with Gasteiger partial charge in [0.25, 0.3) is 5.91 Å². The third-order valence-electron chi connectivity index (χ3n) is 5.75. The van der Waals surface area contributed by atoms with E-state index in [9.17, 15) is 31.5 Å². The van der Waals surface area contributed by atoms with Crippen molar-refractivity contribution in [3.8, 4) is 5.75 Å². The number of amides is 1. The molecular formula is C23H19F5N4O4. The molecule has 2 aromatic carbocycles. The molecule has 1 saturated heterocycles. The Hall–Kier alpha value is -4.03. The number of carbonyl (C=O) groups excluding carboxylic acids is 2. The van der Waals surface area contributed by atoms with E-state index in [4.69, 9.17) is 4.74 Å². The van der Waals surface area contributed by atoms with Crippen LogP contribution in [0.2, 0.25) is 0 Å². The van der Waals surface area contributed by atoms with Gasteiger partial charge in [0.05, 0.1) is 12.6 Å². The summed E-state index contributed by atoms with van der Waals surface area (Å²) < 4.78 is 77.4. The molecule has 0 aliphatic carbocycles. The number of cyclic esters (lactones) is 1. The van der Waals surface area contributed by atoms with Crippen LogP contribution in [0.4, 0.5) is 22.0 Å². The number of ether oxygens (including phenoxy) is 2. The summed E-state index contributed by atoms with van der Waals surface area (Å²) >= 11 is 0. The Morgan fingerprint density at radius 1 is 1.19 bits per heavy atom. The summed E-state index contributed by atoms with van der Waals surface area (Å²) in [7, 11) is 0. The zero-order valence-electron chi connectivity index (χ0n) is 18.7. The summed E-state index contributed by atoms with van der Waals surface area (Å²) in [5.41, 5.74) is -1.93. The van der Waals surface area contributed by atoms with Gasteiger partial charge in [-0.15, -0.1) is 0 Å². The molecule has 1 amide bonds. The van der Waals surface area contributed by atoms with Crippen LogP contribution in [0.5, 0.6) is 5.75 Å². The van der Waals surface area contributed by atoms with E-state index in [2.05, 4.69) is 14.8 Å². The molecule has 2 heterocycles. The van der Waals surface area contributed by atoms with Crippen LogP contribution in [-0.2, 0) is 21.7 Å². The number of alkyl halides is 3. The number of esters is 1. The molecule has 0 spiro atoms. The van der Waals surface area contributed by atoms with Crippen molar-refractivity contribution in [3.63, 3.8) is 0 Å². The first-order chi connectivity index (χ1) is 17.0. The maximum atomic E-state index is 15.0. The molecule has 1 fully saturated rings. The highest BCUT2D eigenvalue weighted by Crippen LogP contribution is 2.39. The standard InChI is InChI=1S/C23H19F5N4O4/c1-14-22(10-31-13-29-12-30-31,18-7-4-16(24)8-19(18)25)36-20(33)9-32(14)21(34)15-2-5-17(6-3-15)35-11-23(26,27)28/h2-8,12-14H,9-11H2,1H3/t14?,22-/m1/s1. The molecular weight excluding hydrogens is 491 g/mol. The number of halogens is 5. The average molecular weight is 510 g/mol. The minimum atomic E-state index is -4.53. The molecule has 190 valence electrons. The third kappa shape index (κ3) is 5.14. The fourth-order valence-electron chi connectivity index (χ4n) is 4.04. The summed E-state index contributed by atoms with van der Waals surface area (Å²) in [4.78, 5) is 31.0. The number of rotatable bonds is 6. The predicted octanol–water partition coefficient (Wildman–Crippen LogP) is 3.48. The Morgan fingerprint density at radius 3 is 2.53 bits per heavy atom. The van der Waals surface area contributed by atoms with Crippen LogP contribution in [0.1, 0.15) is 22.8 Å². The topological polar surface area (TPSA) is 86.5 Å². The highest BCUT2D eigenvalue weighted by Gasteiger charge is 2.52. The quantitative estimate of drug-likeness (QED) is 0.373. The summed E-state index contributed by atoms with van der Waals surface area (Å²) in [5, 5.41) is 3.98. The number of nitrogens with zero attached hydrogens (tertiary/aromatic N) is 4. The van der Waals surface area contributed by atoms with Gasteiger partial charge >= 0.3 is 12.1 Å². The predicted molar refractivity (Wildman–Crippen MR) is 113 cm³/mol. The molecule has 0 saturated carbocycles. The fraction of sp³-hybridized carbons (Fsp3) is 0.304. The lowest BCUT2D eigenvalue weighted by Crippen LogP contribution is -2.61. The smallest absolute Gasteiger partial charge is 0.422 e. The molecule has 1 unspecified atom stereocenters. The Bertz CT molecular complexity index is 1250. The van der Waals surface area contributed by atoms with E-state index >= 15 is 0 Å². The molecule has 1 aromatic heterocycles. The number of hydrogen-bond donors (Lipinski definition) is 0. The fourth-order valence-corrected chi connectivity index (χ4v) is 4.04. The summed E-state index contributed by atoms with van der Waals surface area (Å²) in [6.45, 7) is -0.682. The van der Waals surface area contributed by atoms with Crippen molar-refractivity contribution in [2.75, 3.05) is 13.2 Å². The lowest BCUT2D eigenvalue weighted by molar-refractivity contribution is -0.186. The van der Waals surface area contributed by atoms with Gasteiger partial charge in [-0.1, -0.05) is 0 Å². The van der Waals surface area contributed by atoms with Gasteiger partial charge in [0.15, 0.2) is 12.2 Å². The lowest BCUT2D eigenvalue weighted by Gasteiger charge is -2.47. The second-order valence-electron chi connectivity index (χ2n) is 8.12. The SMILES string of the molecule is CC1N(C(=O)c2ccc(OCC(F)(F)F)cc2)CC(=O)O[C@@]1(Cn1cncn1)c1ccc(F)cc1F. The summed E-state index contributed by atoms with van der Waals surface area (Å²) in [5.74, 6) is -3.45. The van der Waals surface area contributed by atoms with E-state index in [1.807, 2.05) is 0 Å². The van der Waals surface area contributed by atoms with Crippen LogP contribution in [0.3, 0.4) is 0 Å². The molecule has 0 radical (unpaired) electrons. The highest BCUT2D eigenvalue weighted by molar-refractivity contribution is 5.97. The molecule has 8 nitrogen and oxygen atoms in total. The van der Waals surface area contributed by atoms with Gasteiger partial charge in [-0.3, -0.25) is 9.59 Å². The minimum absolute atomic E-state index is 0.0464. The molecule has 13 heteroatoms. The lowest BCUT2D eigenvalue weighted by atomic mass is 9.83. The number of hydrogen-bond acceptors (Lipinski definition) is 6. The van der Waals surface area contributed by atoms with E-state index in [0.29, 0.717) is 6.07 Å². The monoisotopic (exact) mass is 510 g/mol. The van der Waals surface area contributed by atoms with Gasteiger partial charge < -0.3 is 14.4 Å². The number of morpholine rings is 1. The number of benzene rings is 2. The highest BCUT2D eigenvalue weighted by atomic mass is 19.4. The van der Waals surface area contributed by atoms with E-state index in [1.165, 1.54) is 48.5 Å². The molecule has 1 aliphatic heterocycles. The minimum Gasteiger partial charge on any atom is -0.484 e. The molecule has 4 rings (SSSR count). The maximum Gasteiger partial charge on any atom is 0.422 e. The van der Waals surface area contributed by atoms with Gasteiger partial charge in [-0.25, -0.2) is 18.4 Å². The van der Waals surface area contributed by atoms with Gasteiger partial charge in [-0.05, 0) is 43.3 Å². The first-order valence-electron chi connectivity index (χ1n) is 10.6. The van der Waals surface area contributed by atoms with Crippen LogP contribution in [0, 0.1) is 11.6 Å². The third-order valence-corrected chi connectivity index (χ3v) is 5.75. The maximum absolute atomic E-state index is 15.0. The van der Waals surface area contributed by atoms with Crippen LogP contribution in [0.25, 0.3) is 0 Å². The van der Waals surface area contributed by atoms with Crippen molar-refractivity contribution < 1.29 is 41.0 Å². The van der Waals surface area contributed by atoms with E-state index < -0.39 is 54.5 Å². The van der Waals surface area contributed by atoms with E-state index in [1.54, 1.807) is 0 Å². The number of carbonyl (C=O) groups is 2. The molecule has 0 bridgehead atoms. The Balaban J connectivity index is 1.68. The van der Waals surface area contributed by atoms with E-state index in [0.717, 1.165) is 17.0 Å². The molecule has 36 heavy (non-hydrogen) atoms. The second-order valence-corrected chi connectivity index (χ2v) is 8.12. The molecule has 1 aliphatic rings. The Kier molecular flexibility index (Phi) is 6.65. The van der Waals surface area contributed by atoms with Crippen LogP contribution >= 0.6 is 0 Å². The average Bonchev–Trinajstić information content (AvgIpc) is 3.32. The molecule has 3 aromatic rings. The Labute approximate surface area is 201 Å². The van der Waals surface area contributed by atoms with Crippen molar-refractivity contribution in [2.45, 2.75) is 31.3 Å². The zero-order chi connectivity index (χ0) is 26.1. The van der Waals surface area contributed by atoms with Crippen molar-refractivity contribution >= 4 is 11.9 Å². The van der Waals surface area contributed by atoms with Crippen LogP contribution in [-0.4, -0.2) is 56.9 Å². The normalized spacial score (nSPS) is 20.2. The van der Waals surface area contributed by atoms with Crippen molar-refractivity contribution in [3.05, 3.63) is 77.9 Å². The summed E-state index contributed by atoms with van der Waals surface area (Å²) in [6.07, 6.45) is -2.00. The van der Waals surface area contributed by atoms with Crippen LogP contribution < -0.4 is 4.74 Å². The van der Waals surface area contributed by atoms with Gasteiger partial charge in [0, 0.05) is 17.2 Å². The largest absolute Gasteiger partial charge is 0.484 e. The van der Waals surface area contributed by atoms with E-state index in [-0.39, 0.29) is 23.4 Å². The first-order valence-corrected chi connectivity index (χ1v) is 10.6. The van der Waals surface area contributed by atoms with Crippen molar-refractivity contribution in [1.82, 2.24) is 19.7 Å². The second kappa shape index (κ2) is 9.55. The summed E-state index contributed by atoms with van der Waals surface area (Å²) in [6, 6.07) is 6.67. The zero-order valence-corrected chi connectivity index (χ0v) is 18.7. The number of aromatic nitrogens is 3. The Morgan fingerprint density at radius 2 is 1.92 bits per heavy atom. The molecule has 2 atom stereocenters. The molecule has 0 N–H and O–H groups in total. The van der Waals surface area contributed by atoms with Crippen molar-refractivity contribution in [2.24, 2.45) is 0 Å². The van der Waals surface area contributed by atoms with Gasteiger partial charge in [-0.2, -0.15) is 18.3 Å².